The first kappa shape index (κ1) is 19.0. The molecule has 0 bridgehead atoms. The van der Waals surface area contributed by atoms with Crippen LogP contribution in [0.5, 0.6) is 11.5 Å². The molecule has 0 saturated heterocycles. The molecule has 29 heavy (non-hydrogen) atoms. The fourth-order valence-electron chi connectivity index (χ4n) is 3.36. The zero-order chi connectivity index (χ0) is 20.2. The highest BCUT2D eigenvalue weighted by molar-refractivity contribution is 7.07. The lowest BCUT2D eigenvalue weighted by molar-refractivity contribution is 0.355. The minimum Gasteiger partial charge on any atom is -0.493 e. The molecule has 0 aliphatic heterocycles. The van der Waals surface area contributed by atoms with Gasteiger partial charge < -0.3 is 14.0 Å². The number of benzene rings is 3. The third kappa shape index (κ3) is 3.69. The molecule has 5 heteroatoms. The largest absolute Gasteiger partial charge is 0.493 e. The summed E-state index contributed by atoms with van der Waals surface area (Å²) in [5.74, 6) is 1.41. The van der Waals surface area contributed by atoms with Crippen molar-refractivity contribution in [2.24, 2.45) is 4.99 Å². The van der Waals surface area contributed by atoms with Gasteiger partial charge >= 0.3 is 0 Å². The van der Waals surface area contributed by atoms with E-state index in [4.69, 9.17) is 14.5 Å². The fourth-order valence-corrected chi connectivity index (χ4v) is 4.29. The monoisotopic (exact) mass is 402 g/mol. The van der Waals surface area contributed by atoms with Crippen LogP contribution in [0.1, 0.15) is 0 Å². The van der Waals surface area contributed by atoms with Gasteiger partial charge in [0.25, 0.3) is 0 Å². The molecular weight excluding hydrogens is 380 g/mol. The van der Waals surface area contributed by atoms with E-state index in [0.717, 1.165) is 27.1 Å². The molecule has 0 fully saturated rings. The SMILES string of the molecule is C=CCn1c(-c2ccc(OC)c(OC)c2)csc1=Nc1cccc2ccccc12. The van der Waals surface area contributed by atoms with Gasteiger partial charge in [0.05, 0.1) is 25.6 Å². The van der Waals surface area contributed by atoms with Gasteiger partial charge in [-0.1, -0.05) is 42.5 Å². The molecule has 0 amide bonds. The van der Waals surface area contributed by atoms with Crippen molar-refractivity contribution < 1.29 is 9.47 Å². The first-order valence-corrected chi connectivity index (χ1v) is 10.2. The van der Waals surface area contributed by atoms with Crippen LogP contribution in [0.4, 0.5) is 5.69 Å². The highest BCUT2D eigenvalue weighted by Crippen LogP contribution is 2.33. The van der Waals surface area contributed by atoms with E-state index >= 15 is 0 Å². The number of fused-ring (bicyclic) bond motifs is 1. The lowest BCUT2D eigenvalue weighted by Gasteiger charge is -2.11. The normalized spacial score (nSPS) is 11.6. The highest BCUT2D eigenvalue weighted by atomic mass is 32.1. The van der Waals surface area contributed by atoms with Gasteiger partial charge in [0.1, 0.15) is 0 Å². The van der Waals surface area contributed by atoms with Gasteiger partial charge in [-0.2, -0.15) is 0 Å². The molecule has 4 aromatic rings. The van der Waals surface area contributed by atoms with E-state index in [1.807, 2.05) is 42.5 Å². The van der Waals surface area contributed by atoms with E-state index in [1.165, 1.54) is 5.39 Å². The van der Waals surface area contributed by atoms with Crippen molar-refractivity contribution in [3.8, 4) is 22.8 Å². The van der Waals surface area contributed by atoms with Crippen LogP contribution in [0.2, 0.25) is 0 Å². The molecule has 0 atom stereocenters. The Kier molecular flexibility index (Phi) is 5.49. The summed E-state index contributed by atoms with van der Waals surface area (Å²) < 4.78 is 13.0. The molecule has 0 aliphatic carbocycles. The number of thiazole rings is 1. The quantitative estimate of drug-likeness (QED) is 0.382. The minimum atomic E-state index is 0.663. The number of methoxy groups -OCH3 is 2. The maximum absolute atomic E-state index is 5.47. The number of nitrogens with zero attached hydrogens (tertiary/aromatic N) is 2. The predicted molar refractivity (Wildman–Crippen MR) is 120 cm³/mol. The lowest BCUT2D eigenvalue weighted by atomic mass is 10.1. The Hall–Kier alpha value is -3.31. The molecule has 0 unspecified atom stereocenters. The minimum absolute atomic E-state index is 0.663. The van der Waals surface area contributed by atoms with E-state index in [0.29, 0.717) is 18.0 Å². The Labute approximate surface area is 174 Å². The van der Waals surface area contributed by atoms with Crippen molar-refractivity contribution in [1.82, 2.24) is 4.57 Å². The van der Waals surface area contributed by atoms with Gasteiger partial charge in [-0.3, -0.25) is 0 Å². The summed E-state index contributed by atoms with van der Waals surface area (Å²) in [6.45, 7) is 4.59. The molecule has 0 saturated carbocycles. The van der Waals surface area contributed by atoms with Crippen molar-refractivity contribution in [2.45, 2.75) is 6.54 Å². The number of aromatic nitrogens is 1. The molecule has 3 aromatic carbocycles. The molecule has 0 aliphatic rings. The van der Waals surface area contributed by atoms with E-state index in [9.17, 15) is 0 Å². The van der Waals surface area contributed by atoms with Crippen molar-refractivity contribution in [2.75, 3.05) is 14.2 Å². The Bertz CT molecular complexity index is 1230. The zero-order valence-corrected chi connectivity index (χ0v) is 17.3. The molecule has 0 spiro atoms. The molecule has 0 N–H and O–H groups in total. The van der Waals surface area contributed by atoms with Gasteiger partial charge in [-0.25, -0.2) is 4.99 Å². The molecule has 4 nitrogen and oxygen atoms in total. The van der Waals surface area contributed by atoms with E-state index in [1.54, 1.807) is 25.6 Å². The summed E-state index contributed by atoms with van der Waals surface area (Å²) in [5, 5.41) is 4.44. The number of ether oxygens (including phenoxy) is 2. The van der Waals surface area contributed by atoms with E-state index < -0.39 is 0 Å². The molecule has 0 radical (unpaired) electrons. The molecule has 146 valence electrons. The molecule has 1 aromatic heterocycles. The van der Waals surface area contributed by atoms with Crippen LogP contribution in [0, 0.1) is 0 Å². The third-order valence-corrected chi connectivity index (χ3v) is 5.63. The second-order valence-corrected chi connectivity index (χ2v) is 7.32. The van der Waals surface area contributed by atoms with Crippen LogP contribution in [-0.2, 0) is 6.54 Å². The number of hydrogen-bond donors (Lipinski definition) is 0. The summed E-state index contributed by atoms with van der Waals surface area (Å²) in [7, 11) is 3.29. The number of hydrogen-bond acceptors (Lipinski definition) is 4. The van der Waals surface area contributed by atoms with Gasteiger partial charge in [0.15, 0.2) is 16.3 Å². The summed E-state index contributed by atoms with van der Waals surface area (Å²) in [4.78, 5) is 5.91. The summed E-state index contributed by atoms with van der Waals surface area (Å²) >= 11 is 1.61. The summed E-state index contributed by atoms with van der Waals surface area (Å²) in [6.07, 6.45) is 1.89. The standard InChI is InChI=1S/C24H22N2O2S/c1-4-14-26-21(18-12-13-22(27-2)23(15-18)28-3)16-29-24(26)25-20-11-7-9-17-8-5-6-10-19(17)20/h4-13,15-16H,1,14H2,2-3H3. The summed E-state index contributed by atoms with van der Waals surface area (Å²) in [5.41, 5.74) is 3.07. The average molecular weight is 403 g/mol. The Morgan fingerprint density at radius 2 is 1.79 bits per heavy atom. The van der Waals surface area contributed by atoms with Crippen LogP contribution in [-0.4, -0.2) is 18.8 Å². The first-order chi connectivity index (χ1) is 14.2. The Morgan fingerprint density at radius 3 is 2.59 bits per heavy atom. The molecular formula is C24H22N2O2S. The third-order valence-electron chi connectivity index (χ3n) is 4.77. The smallest absolute Gasteiger partial charge is 0.190 e. The van der Waals surface area contributed by atoms with Crippen molar-refractivity contribution in [3.05, 3.63) is 83.5 Å². The second kappa shape index (κ2) is 8.37. The fraction of sp³-hybridized carbons (Fsp3) is 0.125. The Balaban J connectivity index is 1.88. The topological polar surface area (TPSA) is 35.8 Å². The second-order valence-electron chi connectivity index (χ2n) is 6.48. The maximum atomic E-state index is 5.47. The lowest BCUT2D eigenvalue weighted by Crippen LogP contribution is -2.14. The summed E-state index contributed by atoms with van der Waals surface area (Å²) in [6, 6.07) is 20.4. The molecule has 1 heterocycles. The number of allylic oxidation sites excluding steroid dienone is 1. The van der Waals surface area contributed by atoms with Crippen LogP contribution >= 0.6 is 11.3 Å². The maximum Gasteiger partial charge on any atom is 0.190 e. The van der Waals surface area contributed by atoms with E-state index in [-0.39, 0.29) is 0 Å². The van der Waals surface area contributed by atoms with Crippen LogP contribution in [0.3, 0.4) is 0 Å². The van der Waals surface area contributed by atoms with Gasteiger partial charge in [0, 0.05) is 22.9 Å². The zero-order valence-electron chi connectivity index (χ0n) is 16.5. The van der Waals surface area contributed by atoms with Gasteiger partial charge in [-0.15, -0.1) is 17.9 Å². The predicted octanol–water partition coefficient (Wildman–Crippen LogP) is 5.81. The van der Waals surface area contributed by atoms with Crippen LogP contribution in [0.15, 0.2) is 83.7 Å². The first-order valence-electron chi connectivity index (χ1n) is 9.29. The van der Waals surface area contributed by atoms with Crippen molar-refractivity contribution in [1.29, 1.82) is 0 Å². The number of rotatable bonds is 6. The van der Waals surface area contributed by atoms with Crippen molar-refractivity contribution >= 4 is 27.8 Å². The Morgan fingerprint density at radius 1 is 1.00 bits per heavy atom. The van der Waals surface area contributed by atoms with Gasteiger partial charge in [0.2, 0.25) is 0 Å². The van der Waals surface area contributed by atoms with Gasteiger partial charge in [-0.05, 0) is 29.7 Å². The van der Waals surface area contributed by atoms with Crippen LogP contribution < -0.4 is 14.3 Å². The van der Waals surface area contributed by atoms with E-state index in [2.05, 4.69) is 40.8 Å². The molecule has 4 rings (SSSR count). The highest BCUT2D eigenvalue weighted by Gasteiger charge is 2.11. The van der Waals surface area contributed by atoms with Crippen LogP contribution in [0.25, 0.3) is 22.0 Å². The average Bonchev–Trinajstić information content (AvgIpc) is 3.16. The van der Waals surface area contributed by atoms with Crippen molar-refractivity contribution in [3.63, 3.8) is 0 Å².